The number of nitrogens with zero attached hydrogens (tertiary/aromatic N) is 1. The molecule has 2 saturated heterocycles. The van der Waals surface area contributed by atoms with Gasteiger partial charge in [0.15, 0.2) is 6.29 Å². The van der Waals surface area contributed by atoms with E-state index in [1.807, 2.05) is 69.3 Å². The Balaban J connectivity index is 1.30. The maximum Gasteiger partial charge on any atom is 0.323 e. The first kappa shape index (κ1) is 32.3. The number of esters is 1. The van der Waals surface area contributed by atoms with Gasteiger partial charge in [-0.25, -0.2) is 13.1 Å². The van der Waals surface area contributed by atoms with E-state index in [4.69, 9.17) is 14.2 Å². The van der Waals surface area contributed by atoms with Gasteiger partial charge in [-0.3, -0.25) is 9.69 Å². The van der Waals surface area contributed by atoms with Gasteiger partial charge in [-0.2, -0.15) is 0 Å². The van der Waals surface area contributed by atoms with Gasteiger partial charge in [0, 0.05) is 25.1 Å². The van der Waals surface area contributed by atoms with Crippen LogP contribution in [0.1, 0.15) is 74.7 Å². The zero-order valence-electron chi connectivity index (χ0n) is 25.5. The number of hydrogen-bond acceptors (Lipinski definition) is 8. The molecule has 0 amide bonds. The van der Waals surface area contributed by atoms with Crippen molar-refractivity contribution in [1.82, 2.24) is 9.62 Å². The Bertz CT molecular complexity index is 1490. The van der Waals surface area contributed by atoms with Crippen LogP contribution in [-0.4, -0.2) is 55.2 Å². The van der Waals surface area contributed by atoms with Crippen LogP contribution in [0.25, 0.3) is 0 Å². The lowest BCUT2D eigenvalue weighted by Gasteiger charge is -2.38. The topological polar surface area (TPSA) is 114 Å². The number of ether oxygens (including phenoxy) is 3. The second-order valence-electron chi connectivity index (χ2n) is 12.4. The molecule has 0 saturated carbocycles. The Hall–Kier alpha value is -3.12. The minimum Gasteiger partial charge on any atom is -0.459 e. The summed E-state index contributed by atoms with van der Waals surface area (Å²) in [5, 5.41) is 9.50. The molecule has 44 heavy (non-hydrogen) atoms. The van der Waals surface area contributed by atoms with Crippen molar-refractivity contribution in [2.45, 2.75) is 88.2 Å². The number of aliphatic hydroxyl groups is 1. The molecular formula is C34H42N2O7S. The zero-order valence-corrected chi connectivity index (χ0v) is 26.3. The second-order valence-corrected chi connectivity index (χ2v) is 14.2. The number of aliphatic hydroxyl groups excluding tert-OH is 1. The standard InChI is InChI=1S/C34H42N2O7S/c1-34(2,3)43-32(38)30-10-7-19-36(30)22-28-20-31(26-15-13-25(23-37)14-16-26)42-33(41-28)27-17-11-24(12-18-27)21-35-44(39,40)29-8-5-4-6-9-29/h4-6,8-9,11-18,28,30-31,33,35,37H,7,10,19-23H2,1-3H3. The maximum atomic E-state index is 13.0. The first-order valence-corrected chi connectivity index (χ1v) is 16.6. The van der Waals surface area contributed by atoms with Gasteiger partial charge < -0.3 is 19.3 Å². The summed E-state index contributed by atoms with van der Waals surface area (Å²) in [7, 11) is -3.62. The number of carbonyl (C=O) groups excluding carboxylic acids is 1. The first-order chi connectivity index (χ1) is 21.0. The molecule has 0 bridgehead atoms. The summed E-state index contributed by atoms with van der Waals surface area (Å²) < 4.78 is 46.6. The molecule has 2 aliphatic heterocycles. The number of rotatable bonds is 10. The van der Waals surface area contributed by atoms with Crippen molar-refractivity contribution in [2.24, 2.45) is 0 Å². The van der Waals surface area contributed by atoms with Crippen LogP contribution in [0.15, 0.2) is 83.8 Å². The number of likely N-dealkylation sites (tertiary alicyclic amines) is 1. The van der Waals surface area contributed by atoms with E-state index in [1.165, 1.54) is 0 Å². The molecule has 4 unspecified atom stereocenters. The summed E-state index contributed by atoms with van der Waals surface area (Å²) in [4.78, 5) is 15.4. The Morgan fingerprint density at radius 3 is 2.27 bits per heavy atom. The summed E-state index contributed by atoms with van der Waals surface area (Å²) in [6.07, 6.45) is 1.14. The van der Waals surface area contributed by atoms with E-state index < -0.39 is 21.9 Å². The normalized spacial score (nSPS) is 23.0. The van der Waals surface area contributed by atoms with E-state index in [2.05, 4.69) is 9.62 Å². The number of sulfonamides is 1. The van der Waals surface area contributed by atoms with Crippen LogP contribution in [0.2, 0.25) is 0 Å². The van der Waals surface area contributed by atoms with Crippen LogP contribution in [0.4, 0.5) is 0 Å². The highest BCUT2D eigenvalue weighted by atomic mass is 32.2. The lowest BCUT2D eigenvalue weighted by molar-refractivity contribution is -0.253. The molecule has 0 radical (unpaired) electrons. The highest BCUT2D eigenvalue weighted by Crippen LogP contribution is 2.39. The Labute approximate surface area is 260 Å². The molecule has 236 valence electrons. The minimum absolute atomic E-state index is 0.0327. The van der Waals surface area contributed by atoms with Crippen molar-refractivity contribution < 1.29 is 32.5 Å². The number of benzene rings is 3. The zero-order chi connectivity index (χ0) is 31.3. The third kappa shape index (κ3) is 8.32. The van der Waals surface area contributed by atoms with Gasteiger partial charge in [-0.1, -0.05) is 66.7 Å². The van der Waals surface area contributed by atoms with Gasteiger partial charge in [0.2, 0.25) is 10.0 Å². The fourth-order valence-electron chi connectivity index (χ4n) is 5.63. The highest BCUT2D eigenvalue weighted by molar-refractivity contribution is 7.89. The summed E-state index contributed by atoms with van der Waals surface area (Å²) in [5.41, 5.74) is 2.87. The van der Waals surface area contributed by atoms with Crippen molar-refractivity contribution >= 4 is 16.0 Å². The molecule has 3 aromatic carbocycles. The molecule has 9 nitrogen and oxygen atoms in total. The second kappa shape index (κ2) is 13.9. The van der Waals surface area contributed by atoms with Crippen LogP contribution in [0, 0.1) is 0 Å². The van der Waals surface area contributed by atoms with E-state index in [9.17, 15) is 18.3 Å². The molecule has 2 aliphatic rings. The number of hydrogen-bond donors (Lipinski definition) is 2. The summed E-state index contributed by atoms with van der Waals surface area (Å²) >= 11 is 0. The Kier molecular flexibility index (Phi) is 10.2. The van der Waals surface area contributed by atoms with Crippen molar-refractivity contribution in [3.8, 4) is 0 Å². The van der Waals surface area contributed by atoms with Crippen LogP contribution >= 0.6 is 0 Å². The fourth-order valence-corrected chi connectivity index (χ4v) is 6.67. The van der Waals surface area contributed by atoms with Gasteiger partial charge in [0.05, 0.1) is 23.7 Å². The highest BCUT2D eigenvalue weighted by Gasteiger charge is 2.38. The molecule has 2 heterocycles. The third-order valence-corrected chi connectivity index (χ3v) is 9.28. The van der Waals surface area contributed by atoms with Crippen LogP contribution in [-0.2, 0) is 42.2 Å². The molecule has 3 aromatic rings. The van der Waals surface area contributed by atoms with Gasteiger partial charge in [-0.15, -0.1) is 0 Å². The lowest BCUT2D eigenvalue weighted by Crippen LogP contribution is -2.45. The monoisotopic (exact) mass is 622 g/mol. The van der Waals surface area contributed by atoms with E-state index in [0.29, 0.717) is 13.0 Å². The molecule has 2 fully saturated rings. The van der Waals surface area contributed by atoms with Crippen molar-refractivity contribution in [3.63, 3.8) is 0 Å². The molecule has 0 aliphatic carbocycles. The Morgan fingerprint density at radius 1 is 0.955 bits per heavy atom. The SMILES string of the molecule is CC(C)(C)OC(=O)C1CCCN1CC1CC(c2ccc(CO)cc2)OC(c2ccc(CNS(=O)(=O)c3ccccc3)cc2)O1. The average molecular weight is 623 g/mol. The van der Waals surface area contributed by atoms with Gasteiger partial charge in [0.25, 0.3) is 0 Å². The smallest absolute Gasteiger partial charge is 0.323 e. The fraction of sp³-hybridized carbons (Fsp3) is 0.441. The third-order valence-electron chi connectivity index (χ3n) is 7.87. The van der Waals surface area contributed by atoms with E-state index in [1.54, 1.807) is 30.3 Å². The van der Waals surface area contributed by atoms with Crippen LogP contribution in [0.3, 0.4) is 0 Å². The maximum absolute atomic E-state index is 13.0. The first-order valence-electron chi connectivity index (χ1n) is 15.1. The van der Waals surface area contributed by atoms with Crippen molar-refractivity contribution in [2.75, 3.05) is 13.1 Å². The van der Waals surface area contributed by atoms with Crippen LogP contribution in [0.5, 0.6) is 0 Å². The molecule has 5 rings (SSSR count). The van der Waals surface area contributed by atoms with Gasteiger partial charge in [-0.05, 0) is 69.0 Å². The largest absolute Gasteiger partial charge is 0.459 e. The predicted molar refractivity (Wildman–Crippen MR) is 166 cm³/mol. The molecule has 4 atom stereocenters. The van der Waals surface area contributed by atoms with Gasteiger partial charge >= 0.3 is 5.97 Å². The predicted octanol–water partition coefficient (Wildman–Crippen LogP) is 5.01. The summed E-state index contributed by atoms with van der Waals surface area (Å²) in [6, 6.07) is 23.2. The molecule has 10 heteroatoms. The van der Waals surface area contributed by atoms with Crippen molar-refractivity contribution in [1.29, 1.82) is 0 Å². The molecule has 0 spiro atoms. The summed E-state index contributed by atoms with van der Waals surface area (Å²) in [6.45, 7) is 7.11. The lowest BCUT2D eigenvalue weighted by atomic mass is 9.99. The molecule has 2 N–H and O–H groups in total. The number of carbonyl (C=O) groups is 1. The van der Waals surface area contributed by atoms with E-state index in [0.717, 1.165) is 41.6 Å². The Morgan fingerprint density at radius 2 is 1.61 bits per heavy atom. The van der Waals surface area contributed by atoms with Gasteiger partial charge in [0.1, 0.15) is 11.6 Å². The summed E-state index contributed by atoms with van der Waals surface area (Å²) in [5.74, 6) is -0.201. The van der Waals surface area contributed by atoms with Crippen molar-refractivity contribution in [3.05, 3.63) is 101 Å². The molecular weight excluding hydrogens is 580 g/mol. The minimum atomic E-state index is -3.62. The van der Waals surface area contributed by atoms with Crippen LogP contribution < -0.4 is 4.72 Å². The molecule has 0 aromatic heterocycles. The quantitative estimate of drug-likeness (QED) is 0.304. The number of nitrogens with one attached hydrogen (secondary N) is 1. The average Bonchev–Trinajstić information content (AvgIpc) is 3.48. The van der Waals surface area contributed by atoms with E-state index >= 15 is 0 Å². The van der Waals surface area contributed by atoms with E-state index in [-0.39, 0.29) is 42.3 Å².